The lowest BCUT2D eigenvalue weighted by Gasteiger charge is -2.36. The first kappa shape index (κ1) is 13.3. The number of hydrogen-bond acceptors (Lipinski definition) is 3. The SMILES string of the molecule is Cc1cnc(CN2CCC(C)CC2C)c(C)c1N. The van der Waals surface area contributed by atoms with E-state index in [0.717, 1.165) is 35.0 Å². The number of anilines is 1. The molecule has 1 aliphatic rings. The molecule has 2 rings (SSSR count). The van der Waals surface area contributed by atoms with E-state index in [2.05, 4.69) is 30.7 Å². The normalized spacial score (nSPS) is 25.3. The maximum Gasteiger partial charge on any atom is 0.0593 e. The summed E-state index contributed by atoms with van der Waals surface area (Å²) in [5, 5.41) is 0. The number of rotatable bonds is 2. The van der Waals surface area contributed by atoms with Gasteiger partial charge in [0.2, 0.25) is 0 Å². The van der Waals surface area contributed by atoms with Crippen molar-refractivity contribution >= 4 is 5.69 Å². The standard InChI is InChI=1S/C15H25N3/c1-10-5-6-18(12(3)7-10)9-14-13(4)15(16)11(2)8-17-14/h8,10,12H,5-7,9H2,1-4H3,(H2,16,17). The third-order valence-electron chi connectivity index (χ3n) is 4.30. The fourth-order valence-corrected chi connectivity index (χ4v) is 2.83. The van der Waals surface area contributed by atoms with Crippen LogP contribution in [0.1, 0.15) is 43.5 Å². The number of aryl methyl sites for hydroxylation is 1. The summed E-state index contributed by atoms with van der Waals surface area (Å²) in [5.41, 5.74) is 10.4. The van der Waals surface area contributed by atoms with Crippen LogP contribution in [-0.4, -0.2) is 22.5 Å². The third-order valence-corrected chi connectivity index (χ3v) is 4.30. The molecule has 1 saturated heterocycles. The van der Waals surface area contributed by atoms with Crippen LogP contribution in [0.2, 0.25) is 0 Å². The first-order valence-corrected chi connectivity index (χ1v) is 6.93. The molecule has 0 radical (unpaired) electrons. The second-order valence-electron chi connectivity index (χ2n) is 5.88. The van der Waals surface area contributed by atoms with Crippen LogP contribution >= 0.6 is 0 Å². The molecule has 1 aromatic heterocycles. The Bertz CT molecular complexity index is 428. The summed E-state index contributed by atoms with van der Waals surface area (Å²) in [6, 6.07) is 0.650. The highest BCUT2D eigenvalue weighted by molar-refractivity contribution is 5.53. The average Bonchev–Trinajstić information content (AvgIpc) is 2.33. The molecule has 0 saturated carbocycles. The van der Waals surface area contributed by atoms with E-state index in [1.807, 2.05) is 13.1 Å². The van der Waals surface area contributed by atoms with Crippen LogP contribution in [0.5, 0.6) is 0 Å². The molecular weight excluding hydrogens is 222 g/mol. The first-order valence-electron chi connectivity index (χ1n) is 6.93. The highest BCUT2D eigenvalue weighted by Gasteiger charge is 2.23. The molecule has 0 spiro atoms. The van der Waals surface area contributed by atoms with Gasteiger partial charge in [-0.15, -0.1) is 0 Å². The molecule has 0 aromatic carbocycles. The number of hydrogen-bond donors (Lipinski definition) is 1. The molecule has 3 heteroatoms. The molecule has 0 amide bonds. The lowest BCUT2D eigenvalue weighted by molar-refractivity contribution is 0.120. The Morgan fingerprint density at radius 3 is 2.78 bits per heavy atom. The van der Waals surface area contributed by atoms with Crippen LogP contribution in [-0.2, 0) is 6.54 Å². The van der Waals surface area contributed by atoms with E-state index in [1.165, 1.54) is 19.4 Å². The largest absolute Gasteiger partial charge is 0.398 e. The molecule has 2 heterocycles. The van der Waals surface area contributed by atoms with Gasteiger partial charge < -0.3 is 5.73 Å². The maximum absolute atomic E-state index is 6.09. The van der Waals surface area contributed by atoms with Crippen LogP contribution in [0.15, 0.2) is 6.20 Å². The molecule has 18 heavy (non-hydrogen) atoms. The number of nitrogen functional groups attached to an aromatic ring is 1. The summed E-state index contributed by atoms with van der Waals surface area (Å²) in [7, 11) is 0. The fraction of sp³-hybridized carbons (Fsp3) is 0.667. The van der Waals surface area contributed by atoms with Gasteiger partial charge in [0, 0.05) is 24.5 Å². The second kappa shape index (κ2) is 5.27. The summed E-state index contributed by atoms with van der Waals surface area (Å²) in [6.45, 7) is 10.9. The molecule has 2 atom stereocenters. The smallest absolute Gasteiger partial charge is 0.0593 e. The van der Waals surface area contributed by atoms with Crippen LogP contribution < -0.4 is 5.73 Å². The summed E-state index contributed by atoms with van der Waals surface area (Å²) >= 11 is 0. The predicted molar refractivity (Wildman–Crippen MR) is 76.4 cm³/mol. The molecule has 2 unspecified atom stereocenters. The van der Waals surface area contributed by atoms with E-state index >= 15 is 0 Å². The molecule has 0 aliphatic carbocycles. The Kier molecular flexibility index (Phi) is 3.91. The Morgan fingerprint density at radius 1 is 1.39 bits per heavy atom. The molecular formula is C15H25N3. The minimum Gasteiger partial charge on any atom is -0.398 e. The van der Waals surface area contributed by atoms with Crippen molar-refractivity contribution < 1.29 is 0 Å². The van der Waals surface area contributed by atoms with Crippen LogP contribution in [0.4, 0.5) is 5.69 Å². The van der Waals surface area contributed by atoms with Crippen molar-refractivity contribution in [3.05, 3.63) is 23.0 Å². The number of nitrogens with zero attached hydrogens (tertiary/aromatic N) is 2. The van der Waals surface area contributed by atoms with Gasteiger partial charge in [-0.25, -0.2) is 0 Å². The molecule has 100 valence electrons. The highest BCUT2D eigenvalue weighted by atomic mass is 15.2. The number of nitrogens with two attached hydrogens (primary N) is 1. The van der Waals surface area contributed by atoms with Gasteiger partial charge in [-0.05, 0) is 57.2 Å². The molecule has 1 aromatic rings. The van der Waals surface area contributed by atoms with E-state index in [4.69, 9.17) is 5.73 Å². The topological polar surface area (TPSA) is 42.2 Å². The highest BCUT2D eigenvalue weighted by Crippen LogP contribution is 2.25. The molecule has 0 bridgehead atoms. The quantitative estimate of drug-likeness (QED) is 0.873. The second-order valence-corrected chi connectivity index (χ2v) is 5.88. The van der Waals surface area contributed by atoms with E-state index < -0.39 is 0 Å². The Labute approximate surface area is 110 Å². The van der Waals surface area contributed by atoms with Gasteiger partial charge in [-0.3, -0.25) is 9.88 Å². The monoisotopic (exact) mass is 247 g/mol. The van der Waals surface area contributed by atoms with Gasteiger partial charge >= 0.3 is 0 Å². The van der Waals surface area contributed by atoms with E-state index in [0.29, 0.717) is 6.04 Å². The van der Waals surface area contributed by atoms with Gasteiger partial charge in [0.05, 0.1) is 5.69 Å². The van der Waals surface area contributed by atoms with Gasteiger partial charge in [0.25, 0.3) is 0 Å². The van der Waals surface area contributed by atoms with Crippen molar-refractivity contribution in [1.29, 1.82) is 0 Å². The Balaban J connectivity index is 2.12. The molecule has 1 aliphatic heterocycles. The number of aromatic nitrogens is 1. The van der Waals surface area contributed by atoms with Gasteiger partial charge in [-0.2, -0.15) is 0 Å². The predicted octanol–water partition coefficient (Wildman–Crippen LogP) is 2.90. The third kappa shape index (κ3) is 2.66. The van der Waals surface area contributed by atoms with Gasteiger partial charge in [-0.1, -0.05) is 6.92 Å². The van der Waals surface area contributed by atoms with E-state index in [-0.39, 0.29) is 0 Å². The summed E-state index contributed by atoms with van der Waals surface area (Å²) in [4.78, 5) is 7.10. The zero-order valence-corrected chi connectivity index (χ0v) is 12.0. The van der Waals surface area contributed by atoms with Crippen molar-refractivity contribution in [3.63, 3.8) is 0 Å². The summed E-state index contributed by atoms with van der Waals surface area (Å²) in [6.07, 6.45) is 4.49. The first-order chi connectivity index (χ1) is 8.49. The van der Waals surface area contributed by atoms with Crippen molar-refractivity contribution in [1.82, 2.24) is 9.88 Å². The lowest BCUT2D eigenvalue weighted by atomic mass is 9.93. The fourth-order valence-electron chi connectivity index (χ4n) is 2.83. The van der Waals surface area contributed by atoms with E-state index in [1.54, 1.807) is 0 Å². The summed E-state index contributed by atoms with van der Waals surface area (Å²) in [5.74, 6) is 0.855. The molecule has 3 nitrogen and oxygen atoms in total. The Morgan fingerprint density at radius 2 is 2.11 bits per heavy atom. The molecule has 2 N–H and O–H groups in total. The Hall–Kier alpha value is -1.09. The van der Waals surface area contributed by atoms with Crippen LogP contribution in [0.25, 0.3) is 0 Å². The minimum absolute atomic E-state index is 0.650. The van der Waals surface area contributed by atoms with Crippen LogP contribution in [0.3, 0.4) is 0 Å². The zero-order chi connectivity index (χ0) is 13.3. The van der Waals surface area contributed by atoms with Crippen LogP contribution in [0, 0.1) is 19.8 Å². The van der Waals surface area contributed by atoms with Crippen molar-refractivity contribution in [2.24, 2.45) is 5.92 Å². The summed E-state index contributed by atoms with van der Waals surface area (Å²) < 4.78 is 0. The van der Waals surface area contributed by atoms with Gasteiger partial charge in [0.15, 0.2) is 0 Å². The number of piperidine rings is 1. The zero-order valence-electron chi connectivity index (χ0n) is 12.0. The van der Waals surface area contributed by atoms with Gasteiger partial charge in [0.1, 0.15) is 0 Å². The average molecular weight is 247 g/mol. The maximum atomic E-state index is 6.09. The number of pyridine rings is 1. The van der Waals surface area contributed by atoms with Crippen molar-refractivity contribution in [3.8, 4) is 0 Å². The molecule has 1 fully saturated rings. The van der Waals surface area contributed by atoms with Crippen molar-refractivity contribution in [2.75, 3.05) is 12.3 Å². The minimum atomic E-state index is 0.650. The van der Waals surface area contributed by atoms with Crippen molar-refractivity contribution in [2.45, 2.75) is 53.1 Å². The lowest BCUT2D eigenvalue weighted by Crippen LogP contribution is -2.39. The number of likely N-dealkylation sites (tertiary alicyclic amines) is 1. The van der Waals surface area contributed by atoms with E-state index in [9.17, 15) is 0 Å².